The molecule has 39 heavy (non-hydrogen) atoms. The van der Waals surface area contributed by atoms with Gasteiger partial charge in [-0.25, -0.2) is 0 Å². The van der Waals surface area contributed by atoms with Gasteiger partial charge in [0.05, 0.1) is 0 Å². The highest BCUT2D eigenvalue weighted by atomic mass is 79.9. The molecule has 0 aliphatic heterocycles. The third-order valence-corrected chi connectivity index (χ3v) is 8.69. The van der Waals surface area contributed by atoms with E-state index in [-0.39, 0.29) is 5.92 Å². The van der Waals surface area contributed by atoms with Crippen LogP contribution in [-0.4, -0.2) is 0 Å². The molecule has 1 heterocycles. The van der Waals surface area contributed by atoms with Crippen LogP contribution in [-0.2, 0) is 0 Å². The molecule has 2 heteroatoms. The molecule has 1 unspecified atom stereocenters. The maximum Gasteiger partial charge on any atom is 0.136 e. The number of benzene rings is 6. The number of fused-ring (bicyclic) bond motifs is 6. The summed E-state index contributed by atoms with van der Waals surface area (Å²) in [6.45, 7) is 0. The van der Waals surface area contributed by atoms with Crippen molar-refractivity contribution in [2.75, 3.05) is 0 Å². The van der Waals surface area contributed by atoms with Gasteiger partial charge in [0.25, 0.3) is 0 Å². The van der Waals surface area contributed by atoms with Gasteiger partial charge in [-0.05, 0) is 80.4 Å². The van der Waals surface area contributed by atoms with Crippen molar-refractivity contribution in [1.82, 2.24) is 0 Å². The maximum atomic E-state index is 6.12. The van der Waals surface area contributed by atoms with Crippen LogP contribution in [0.15, 0.2) is 142 Å². The van der Waals surface area contributed by atoms with Gasteiger partial charge >= 0.3 is 0 Å². The van der Waals surface area contributed by atoms with E-state index < -0.39 is 0 Å². The molecule has 0 N–H and O–H groups in total. The van der Waals surface area contributed by atoms with Crippen LogP contribution in [0.4, 0.5) is 0 Å². The third-order valence-electron chi connectivity index (χ3n) is 8.03. The molecule has 8 rings (SSSR count). The largest absolute Gasteiger partial charge is 0.456 e. The SMILES string of the molecule is Brc1cccc2oc3ccc(-c4ccc5c(c4)-c4ccccc4C5c4cccc(-c5ccccc5)c4)cc3c12. The minimum atomic E-state index is 0.213. The van der Waals surface area contributed by atoms with Gasteiger partial charge in [0, 0.05) is 21.2 Å². The van der Waals surface area contributed by atoms with Gasteiger partial charge in [-0.3, -0.25) is 0 Å². The van der Waals surface area contributed by atoms with Crippen LogP contribution >= 0.6 is 15.9 Å². The summed E-state index contributed by atoms with van der Waals surface area (Å²) >= 11 is 3.73. The standard InChI is InChI=1S/C37H23BrO/c38-33-14-7-15-35-37(33)32-22-26(17-19-34(32)39-35)25-16-18-30-31(21-25)28-12-4-5-13-29(28)36(30)27-11-6-10-24(20-27)23-8-2-1-3-9-23/h1-22,36H. The van der Waals surface area contributed by atoms with E-state index in [2.05, 4.69) is 137 Å². The predicted molar refractivity (Wildman–Crippen MR) is 165 cm³/mol. The molecule has 1 nitrogen and oxygen atoms in total. The highest BCUT2D eigenvalue weighted by Crippen LogP contribution is 2.49. The average molecular weight is 563 g/mol. The molecule has 0 saturated carbocycles. The van der Waals surface area contributed by atoms with E-state index in [0.29, 0.717) is 0 Å². The molecule has 184 valence electrons. The summed E-state index contributed by atoms with van der Waals surface area (Å²) in [5.41, 5.74) is 13.4. The molecule has 1 aliphatic rings. The first-order valence-corrected chi connectivity index (χ1v) is 14.0. The summed E-state index contributed by atoms with van der Waals surface area (Å²) in [7, 11) is 0. The van der Waals surface area contributed by atoms with Crippen LogP contribution in [0.1, 0.15) is 22.6 Å². The van der Waals surface area contributed by atoms with Crippen molar-refractivity contribution in [3.05, 3.63) is 155 Å². The van der Waals surface area contributed by atoms with E-state index in [4.69, 9.17) is 4.42 Å². The second-order valence-electron chi connectivity index (χ2n) is 10.2. The predicted octanol–water partition coefficient (Wildman–Crippen LogP) is 10.8. The van der Waals surface area contributed by atoms with Crippen LogP contribution in [0, 0.1) is 0 Å². The first-order valence-electron chi connectivity index (χ1n) is 13.2. The van der Waals surface area contributed by atoms with E-state index in [0.717, 1.165) is 26.4 Å². The smallest absolute Gasteiger partial charge is 0.136 e. The van der Waals surface area contributed by atoms with Crippen molar-refractivity contribution in [3.8, 4) is 33.4 Å². The molecule has 0 spiro atoms. The first kappa shape index (κ1) is 22.6. The van der Waals surface area contributed by atoms with Gasteiger partial charge in [0.15, 0.2) is 0 Å². The van der Waals surface area contributed by atoms with Crippen LogP contribution in [0.3, 0.4) is 0 Å². The Kier molecular flexibility index (Phi) is 5.11. The van der Waals surface area contributed by atoms with E-state index in [9.17, 15) is 0 Å². The van der Waals surface area contributed by atoms with Crippen LogP contribution in [0.25, 0.3) is 55.3 Å². The zero-order valence-corrected chi connectivity index (χ0v) is 22.7. The molecule has 0 saturated heterocycles. The average Bonchev–Trinajstić information content (AvgIpc) is 3.53. The van der Waals surface area contributed by atoms with Crippen LogP contribution in [0.2, 0.25) is 0 Å². The van der Waals surface area contributed by atoms with Crippen molar-refractivity contribution in [2.45, 2.75) is 5.92 Å². The summed E-state index contributed by atoms with van der Waals surface area (Å²) < 4.78 is 7.17. The Bertz CT molecular complexity index is 2030. The molecule has 0 radical (unpaired) electrons. The third kappa shape index (κ3) is 3.60. The molecule has 0 bridgehead atoms. The Hall–Kier alpha value is -4.40. The van der Waals surface area contributed by atoms with Crippen molar-refractivity contribution in [1.29, 1.82) is 0 Å². The normalized spacial score (nSPS) is 14.0. The summed E-state index contributed by atoms with van der Waals surface area (Å²) in [5.74, 6) is 0.213. The summed E-state index contributed by atoms with van der Waals surface area (Å²) in [6.07, 6.45) is 0. The Labute approximate surface area is 235 Å². The number of rotatable bonds is 3. The lowest BCUT2D eigenvalue weighted by Gasteiger charge is -2.16. The molecule has 0 amide bonds. The highest BCUT2D eigenvalue weighted by molar-refractivity contribution is 9.10. The summed E-state index contributed by atoms with van der Waals surface area (Å²) in [6, 6.07) is 48.1. The zero-order chi connectivity index (χ0) is 25.9. The number of hydrogen-bond acceptors (Lipinski definition) is 1. The van der Waals surface area contributed by atoms with Gasteiger partial charge in [-0.15, -0.1) is 0 Å². The topological polar surface area (TPSA) is 13.1 Å². The molecule has 1 aliphatic carbocycles. The molecular weight excluding hydrogens is 540 g/mol. The molecular formula is C37H23BrO. The molecule has 0 fully saturated rings. The minimum Gasteiger partial charge on any atom is -0.456 e. The highest BCUT2D eigenvalue weighted by Gasteiger charge is 2.30. The van der Waals surface area contributed by atoms with Crippen LogP contribution < -0.4 is 0 Å². The minimum absolute atomic E-state index is 0.213. The fraction of sp³-hybridized carbons (Fsp3) is 0.0270. The van der Waals surface area contributed by atoms with Gasteiger partial charge in [0.2, 0.25) is 0 Å². The number of furan rings is 1. The molecule has 6 aromatic carbocycles. The van der Waals surface area contributed by atoms with Crippen molar-refractivity contribution < 1.29 is 4.42 Å². The van der Waals surface area contributed by atoms with Gasteiger partial charge in [-0.1, -0.05) is 119 Å². The van der Waals surface area contributed by atoms with E-state index in [1.807, 2.05) is 12.1 Å². The lowest BCUT2D eigenvalue weighted by molar-refractivity contribution is 0.669. The van der Waals surface area contributed by atoms with E-state index in [1.54, 1.807) is 0 Å². The Morgan fingerprint density at radius 1 is 0.487 bits per heavy atom. The second kappa shape index (κ2) is 8.83. The quantitative estimate of drug-likeness (QED) is 0.208. The fourth-order valence-electron chi connectivity index (χ4n) is 6.23. The van der Waals surface area contributed by atoms with Crippen molar-refractivity contribution >= 4 is 37.9 Å². The van der Waals surface area contributed by atoms with Gasteiger partial charge < -0.3 is 4.42 Å². The monoisotopic (exact) mass is 562 g/mol. The van der Waals surface area contributed by atoms with E-state index >= 15 is 0 Å². The van der Waals surface area contributed by atoms with Gasteiger partial charge in [-0.2, -0.15) is 0 Å². The van der Waals surface area contributed by atoms with Crippen molar-refractivity contribution in [2.24, 2.45) is 0 Å². The Morgan fingerprint density at radius 2 is 1.21 bits per heavy atom. The van der Waals surface area contributed by atoms with E-state index in [1.165, 1.54) is 50.1 Å². The Balaban J connectivity index is 1.27. The molecule has 7 aromatic rings. The molecule has 1 atom stereocenters. The van der Waals surface area contributed by atoms with Crippen LogP contribution in [0.5, 0.6) is 0 Å². The summed E-state index contributed by atoms with van der Waals surface area (Å²) in [4.78, 5) is 0. The second-order valence-corrected chi connectivity index (χ2v) is 11.1. The first-order chi connectivity index (χ1) is 19.2. The fourth-order valence-corrected chi connectivity index (χ4v) is 6.79. The zero-order valence-electron chi connectivity index (χ0n) is 21.1. The Morgan fingerprint density at radius 3 is 2.13 bits per heavy atom. The number of halogens is 1. The number of hydrogen-bond donors (Lipinski definition) is 0. The van der Waals surface area contributed by atoms with Crippen molar-refractivity contribution in [3.63, 3.8) is 0 Å². The lowest BCUT2D eigenvalue weighted by Crippen LogP contribution is -1.99. The summed E-state index contributed by atoms with van der Waals surface area (Å²) in [5, 5.41) is 2.26. The maximum absolute atomic E-state index is 6.12. The van der Waals surface area contributed by atoms with Gasteiger partial charge in [0.1, 0.15) is 11.2 Å². The lowest BCUT2D eigenvalue weighted by atomic mass is 9.87. The molecule has 1 aromatic heterocycles.